The Kier molecular flexibility index (Phi) is 5.68. The molecule has 2 amide bonds. The second kappa shape index (κ2) is 8.70. The Morgan fingerprint density at radius 3 is 2.46 bits per heavy atom. The summed E-state index contributed by atoms with van der Waals surface area (Å²) < 4.78 is 10.8. The number of carboxylic acid groups (broad SMARTS) is 1. The number of benzene rings is 2. The molecule has 0 radical (unpaired) electrons. The van der Waals surface area contributed by atoms with Crippen LogP contribution >= 0.6 is 0 Å². The minimum absolute atomic E-state index is 0.0597. The molecule has 0 unspecified atom stereocenters. The minimum Gasteiger partial charge on any atom is -0.481 e. The number of nitrogens with zero attached hydrogens (tertiary/aromatic N) is 2. The molecular formula is C25H26N4O6. The Labute approximate surface area is 201 Å². The molecule has 0 aromatic heterocycles. The van der Waals surface area contributed by atoms with Gasteiger partial charge in [-0.25, -0.2) is 0 Å². The number of carbonyl (C=O) groups excluding carboxylic acids is 2. The van der Waals surface area contributed by atoms with Crippen LogP contribution in [-0.2, 0) is 20.9 Å². The van der Waals surface area contributed by atoms with Crippen LogP contribution in [0, 0.1) is 17.2 Å². The zero-order chi connectivity index (χ0) is 24.9. The van der Waals surface area contributed by atoms with Crippen molar-refractivity contribution in [3.8, 4) is 11.5 Å². The zero-order valence-electron chi connectivity index (χ0n) is 19.1. The van der Waals surface area contributed by atoms with E-state index in [9.17, 15) is 19.5 Å². The van der Waals surface area contributed by atoms with Crippen LogP contribution in [0.4, 0.5) is 0 Å². The summed E-state index contributed by atoms with van der Waals surface area (Å²) in [7, 11) is 1.83. The number of hydrogen-bond donors (Lipinski definition) is 3. The molecule has 0 aliphatic carbocycles. The fraction of sp³-hybridized carbons (Fsp3) is 0.360. The Morgan fingerprint density at radius 1 is 1.09 bits per heavy atom. The topological polar surface area (TPSA) is 146 Å². The van der Waals surface area contributed by atoms with E-state index in [0.29, 0.717) is 17.1 Å². The number of fused-ring (bicyclic) bond motifs is 2. The van der Waals surface area contributed by atoms with Crippen molar-refractivity contribution >= 4 is 23.6 Å². The van der Waals surface area contributed by atoms with Crippen molar-refractivity contribution in [2.24, 2.45) is 17.6 Å². The molecule has 3 heterocycles. The third-order valence-corrected chi connectivity index (χ3v) is 7.20. The number of hydrogen-bond acceptors (Lipinski definition) is 7. The maximum Gasteiger partial charge on any atom is 0.303 e. The van der Waals surface area contributed by atoms with Gasteiger partial charge in [-0.3, -0.25) is 29.6 Å². The molecule has 2 aromatic rings. The first-order valence-electron chi connectivity index (χ1n) is 11.4. The quantitative estimate of drug-likeness (QED) is 0.310. The summed E-state index contributed by atoms with van der Waals surface area (Å²) in [5.74, 6) is -1.65. The number of likely N-dealkylation sites (tertiary alicyclic amines) is 2. The number of ether oxygens (including phenoxy) is 2. The molecule has 0 bridgehead atoms. The third kappa shape index (κ3) is 3.89. The molecular weight excluding hydrogens is 452 g/mol. The Bertz CT molecular complexity index is 1210. The first-order valence-corrected chi connectivity index (χ1v) is 11.4. The third-order valence-electron chi connectivity index (χ3n) is 7.20. The van der Waals surface area contributed by atoms with Crippen LogP contribution in [0.2, 0.25) is 0 Å². The molecule has 10 heteroatoms. The van der Waals surface area contributed by atoms with Gasteiger partial charge in [0.1, 0.15) is 5.84 Å². The number of nitrogen functional groups attached to an aromatic ring is 1. The highest BCUT2D eigenvalue weighted by Gasteiger charge is 2.61. The normalized spacial score (nSPS) is 25.2. The van der Waals surface area contributed by atoms with Crippen LogP contribution in [0.1, 0.15) is 35.6 Å². The highest BCUT2D eigenvalue weighted by Crippen LogP contribution is 2.50. The summed E-state index contributed by atoms with van der Waals surface area (Å²) in [6, 6.07) is 11.6. The lowest BCUT2D eigenvalue weighted by Crippen LogP contribution is -2.40. The maximum absolute atomic E-state index is 13.7. The Hall–Kier alpha value is -3.92. The van der Waals surface area contributed by atoms with E-state index < -0.39 is 29.9 Å². The summed E-state index contributed by atoms with van der Waals surface area (Å²) in [5, 5.41) is 16.9. The first-order chi connectivity index (χ1) is 16.8. The highest BCUT2D eigenvalue weighted by atomic mass is 16.7. The van der Waals surface area contributed by atoms with Crippen LogP contribution in [-0.4, -0.2) is 58.4 Å². The number of aliphatic carboxylic acids is 1. The Balaban J connectivity index is 1.47. The average Bonchev–Trinajstić information content (AvgIpc) is 3.47. The van der Waals surface area contributed by atoms with E-state index in [-0.39, 0.29) is 43.8 Å². The number of imide groups is 1. The standard InChI is InChI=1S/C25H26N4O6/c1-28-16(7-9-19(30)31)20-21(22(28)14-3-5-15(6-4-14)23(26)27)25(33)29(24(20)32)11-13-2-8-17-18(10-13)35-12-34-17/h2-6,8,10,16,20-22H,7,9,11-12H2,1H3,(H3,26,27)(H,30,31)/t16-,20-,21-,22-/m1/s1. The van der Waals surface area contributed by atoms with Gasteiger partial charge in [0, 0.05) is 24.1 Å². The number of carbonyl (C=O) groups is 3. The smallest absolute Gasteiger partial charge is 0.303 e. The first kappa shape index (κ1) is 22.9. The summed E-state index contributed by atoms with van der Waals surface area (Å²) >= 11 is 0. The van der Waals surface area contributed by atoms with E-state index in [1.54, 1.807) is 30.3 Å². The van der Waals surface area contributed by atoms with Gasteiger partial charge < -0.3 is 20.3 Å². The monoisotopic (exact) mass is 478 g/mol. The van der Waals surface area contributed by atoms with Gasteiger partial charge in [0.05, 0.1) is 18.4 Å². The van der Waals surface area contributed by atoms with Crippen LogP contribution in [0.3, 0.4) is 0 Å². The lowest BCUT2D eigenvalue weighted by Gasteiger charge is -2.30. The summed E-state index contributed by atoms with van der Waals surface area (Å²) in [6.07, 6.45) is 0.157. The van der Waals surface area contributed by atoms with Gasteiger partial charge in [0.2, 0.25) is 18.6 Å². The molecule has 0 saturated carbocycles. The van der Waals surface area contributed by atoms with Crippen molar-refractivity contribution in [2.45, 2.75) is 31.5 Å². The van der Waals surface area contributed by atoms with Crippen molar-refractivity contribution in [2.75, 3.05) is 13.8 Å². The molecule has 35 heavy (non-hydrogen) atoms. The molecule has 4 N–H and O–H groups in total. The molecule has 0 spiro atoms. The van der Waals surface area contributed by atoms with Crippen molar-refractivity contribution < 1.29 is 29.0 Å². The van der Waals surface area contributed by atoms with Crippen LogP contribution in [0.15, 0.2) is 42.5 Å². The summed E-state index contributed by atoms with van der Waals surface area (Å²) in [6.45, 7) is 0.235. The maximum atomic E-state index is 13.7. The number of nitrogens with two attached hydrogens (primary N) is 1. The fourth-order valence-electron chi connectivity index (χ4n) is 5.56. The van der Waals surface area contributed by atoms with E-state index in [1.807, 2.05) is 24.1 Å². The molecule has 182 valence electrons. The predicted octanol–water partition coefficient (Wildman–Crippen LogP) is 1.72. The van der Waals surface area contributed by atoms with Gasteiger partial charge in [-0.1, -0.05) is 30.3 Å². The van der Waals surface area contributed by atoms with E-state index >= 15 is 0 Å². The number of nitrogens with one attached hydrogen (secondary N) is 1. The summed E-state index contributed by atoms with van der Waals surface area (Å²) in [4.78, 5) is 41.8. The molecule has 2 fully saturated rings. The lowest BCUT2D eigenvalue weighted by atomic mass is 9.85. The fourth-order valence-corrected chi connectivity index (χ4v) is 5.56. The van der Waals surface area contributed by atoms with Crippen molar-refractivity contribution in [3.05, 3.63) is 59.2 Å². The molecule has 5 rings (SSSR count). The molecule has 2 aromatic carbocycles. The minimum atomic E-state index is -0.946. The van der Waals surface area contributed by atoms with Gasteiger partial charge in [-0.2, -0.15) is 0 Å². The Morgan fingerprint density at radius 2 is 1.77 bits per heavy atom. The van der Waals surface area contributed by atoms with E-state index in [4.69, 9.17) is 20.6 Å². The molecule has 2 saturated heterocycles. The van der Waals surface area contributed by atoms with Crippen molar-refractivity contribution in [1.82, 2.24) is 9.80 Å². The van der Waals surface area contributed by atoms with E-state index in [1.165, 1.54) is 4.90 Å². The van der Waals surface area contributed by atoms with Crippen LogP contribution < -0.4 is 15.2 Å². The molecule has 10 nitrogen and oxygen atoms in total. The predicted molar refractivity (Wildman–Crippen MR) is 124 cm³/mol. The van der Waals surface area contributed by atoms with Gasteiger partial charge in [0.25, 0.3) is 0 Å². The lowest BCUT2D eigenvalue weighted by molar-refractivity contribution is -0.143. The van der Waals surface area contributed by atoms with Gasteiger partial charge >= 0.3 is 5.97 Å². The van der Waals surface area contributed by atoms with Gasteiger partial charge in [-0.05, 0) is 36.7 Å². The SMILES string of the molecule is CN1[C@H](CCC(=O)O)[C@H]2C(=O)N(Cc3ccc4c(c3)OCO4)C(=O)[C@H]2[C@H]1c1ccc(C(=N)N)cc1. The number of amidine groups is 1. The van der Waals surface area contributed by atoms with Crippen molar-refractivity contribution in [3.63, 3.8) is 0 Å². The van der Waals surface area contributed by atoms with Crippen molar-refractivity contribution in [1.29, 1.82) is 5.41 Å². The number of carboxylic acids is 1. The number of rotatable bonds is 7. The van der Waals surface area contributed by atoms with E-state index in [2.05, 4.69) is 0 Å². The highest BCUT2D eigenvalue weighted by molar-refractivity contribution is 6.06. The molecule has 3 aliphatic heterocycles. The van der Waals surface area contributed by atoms with Crippen LogP contribution in [0.25, 0.3) is 0 Å². The average molecular weight is 479 g/mol. The van der Waals surface area contributed by atoms with E-state index in [0.717, 1.165) is 11.1 Å². The largest absolute Gasteiger partial charge is 0.481 e. The second-order valence-corrected chi connectivity index (χ2v) is 9.15. The van der Waals surface area contributed by atoms with Gasteiger partial charge in [0.15, 0.2) is 11.5 Å². The van der Waals surface area contributed by atoms with Crippen LogP contribution in [0.5, 0.6) is 11.5 Å². The molecule has 3 aliphatic rings. The zero-order valence-corrected chi connectivity index (χ0v) is 19.1. The van der Waals surface area contributed by atoms with Gasteiger partial charge in [-0.15, -0.1) is 0 Å². The molecule has 4 atom stereocenters. The summed E-state index contributed by atoms with van der Waals surface area (Å²) in [5.41, 5.74) is 7.70. The number of amides is 2. The second-order valence-electron chi connectivity index (χ2n) is 9.15.